The molecule has 0 radical (unpaired) electrons. The van der Waals surface area contributed by atoms with Crippen molar-refractivity contribution in [3.8, 4) is 0 Å². The average Bonchev–Trinajstić information content (AvgIpc) is 2.34. The first-order valence-corrected chi connectivity index (χ1v) is 7.94. The highest BCUT2D eigenvalue weighted by Crippen LogP contribution is 2.34. The van der Waals surface area contributed by atoms with Crippen molar-refractivity contribution in [1.29, 1.82) is 0 Å². The average molecular weight is 310 g/mol. The van der Waals surface area contributed by atoms with Crippen molar-refractivity contribution in [2.45, 2.75) is 58.9 Å². The van der Waals surface area contributed by atoms with Crippen LogP contribution in [0, 0.1) is 19.8 Å². The fraction of sp³-hybridized carbons (Fsp3) is 0.625. The van der Waals surface area contributed by atoms with Crippen LogP contribution in [0.25, 0.3) is 0 Å². The Morgan fingerprint density at radius 3 is 2.61 bits per heavy atom. The second kappa shape index (κ2) is 6.10. The van der Waals surface area contributed by atoms with E-state index in [-0.39, 0.29) is 0 Å². The highest BCUT2D eigenvalue weighted by molar-refractivity contribution is 9.10. The lowest BCUT2D eigenvalue weighted by Gasteiger charge is -2.33. The fourth-order valence-electron chi connectivity index (χ4n) is 3.17. The molecular formula is C16H24BrN. The largest absolute Gasteiger partial charge is 0.381 e. The maximum absolute atomic E-state index is 3.80. The van der Waals surface area contributed by atoms with Crippen molar-refractivity contribution in [3.63, 3.8) is 0 Å². The third-order valence-electron chi connectivity index (χ3n) is 4.19. The number of hydrogen-bond acceptors (Lipinski definition) is 1. The summed E-state index contributed by atoms with van der Waals surface area (Å²) in [6, 6.07) is 5.12. The zero-order valence-corrected chi connectivity index (χ0v) is 13.3. The smallest absolute Gasteiger partial charge is 0.0516 e. The third-order valence-corrected chi connectivity index (χ3v) is 4.82. The van der Waals surface area contributed by atoms with Crippen LogP contribution in [0.15, 0.2) is 16.6 Å². The predicted molar refractivity (Wildman–Crippen MR) is 83.3 cm³/mol. The molecule has 0 saturated heterocycles. The first-order valence-electron chi connectivity index (χ1n) is 7.15. The molecule has 2 unspecified atom stereocenters. The van der Waals surface area contributed by atoms with Gasteiger partial charge >= 0.3 is 0 Å². The molecule has 1 fully saturated rings. The lowest BCUT2D eigenvalue weighted by atomic mass is 9.82. The molecule has 0 bridgehead atoms. The number of halogens is 1. The Balaban J connectivity index is 2.17. The molecule has 1 N–H and O–H groups in total. The number of benzene rings is 1. The number of hydrogen-bond donors (Lipinski definition) is 1. The first-order chi connectivity index (χ1) is 8.61. The number of anilines is 1. The second-order valence-corrected chi connectivity index (χ2v) is 6.50. The van der Waals surface area contributed by atoms with E-state index in [1.54, 1.807) is 0 Å². The molecule has 1 aliphatic rings. The van der Waals surface area contributed by atoms with Gasteiger partial charge in [-0.05, 0) is 65.7 Å². The van der Waals surface area contributed by atoms with Crippen molar-refractivity contribution in [2.75, 3.05) is 5.32 Å². The Labute approximate surface area is 119 Å². The molecule has 1 aromatic carbocycles. The van der Waals surface area contributed by atoms with Crippen LogP contribution < -0.4 is 5.32 Å². The molecule has 2 atom stereocenters. The van der Waals surface area contributed by atoms with E-state index in [1.807, 2.05) is 0 Å². The third kappa shape index (κ3) is 3.09. The predicted octanol–water partition coefficient (Wildman–Crippen LogP) is 5.45. The van der Waals surface area contributed by atoms with E-state index >= 15 is 0 Å². The van der Waals surface area contributed by atoms with Crippen LogP contribution in [-0.2, 0) is 0 Å². The van der Waals surface area contributed by atoms with Gasteiger partial charge in [0, 0.05) is 10.5 Å². The lowest BCUT2D eigenvalue weighted by Crippen LogP contribution is -2.32. The molecule has 1 nitrogen and oxygen atoms in total. The van der Waals surface area contributed by atoms with Gasteiger partial charge in [-0.3, -0.25) is 0 Å². The second-order valence-electron chi connectivity index (χ2n) is 5.64. The molecule has 1 aromatic rings. The molecule has 0 amide bonds. The van der Waals surface area contributed by atoms with Gasteiger partial charge in [-0.1, -0.05) is 32.3 Å². The van der Waals surface area contributed by atoms with Crippen molar-refractivity contribution in [2.24, 2.45) is 5.92 Å². The van der Waals surface area contributed by atoms with E-state index < -0.39 is 0 Å². The maximum Gasteiger partial charge on any atom is 0.0516 e. The minimum Gasteiger partial charge on any atom is -0.381 e. The maximum atomic E-state index is 3.80. The summed E-state index contributed by atoms with van der Waals surface area (Å²) in [4.78, 5) is 0. The summed E-state index contributed by atoms with van der Waals surface area (Å²) in [5, 5.41) is 3.80. The quantitative estimate of drug-likeness (QED) is 0.783. The van der Waals surface area contributed by atoms with Crippen molar-refractivity contribution >= 4 is 21.6 Å². The van der Waals surface area contributed by atoms with Crippen molar-refractivity contribution in [1.82, 2.24) is 0 Å². The van der Waals surface area contributed by atoms with Crippen LogP contribution in [-0.4, -0.2) is 6.04 Å². The minimum atomic E-state index is 0.654. The van der Waals surface area contributed by atoms with Gasteiger partial charge in [0.05, 0.1) is 5.69 Å². The van der Waals surface area contributed by atoms with E-state index in [0.717, 1.165) is 5.92 Å². The van der Waals surface area contributed by atoms with E-state index in [2.05, 4.69) is 54.2 Å². The zero-order chi connectivity index (χ0) is 13.1. The molecule has 1 aliphatic carbocycles. The molecule has 0 spiro atoms. The molecule has 0 heterocycles. The van der Waals surface area contributed by atoms with Gasteiger partial charge in [-0.25, -0.2) is 0 Å². The Bertz CT molecular complexity index is 391. The van der Waals surface area contributed by atoms with Gasteiger partial charge < -0.3 is 5.32 Å². The molecule has 18 heavy (non-hydrogen) atoms. The lowest BCUT2D eigenvalue weighted by molar-refractivity contribution is 0.317. The standard InChI is InChI=1S/C16H24BrN/c1-4-13-7-5-6-8-15(13)18-16-12(3)9-11(2)10-14(16)17/h9-10,13,15,18H,4-8H2,1-3H3. The van der Waals surface area contributed by atoms with Crippen LogP contribution in [0.4, 0.5) is 5.69 Å². The SMILES string of the molecule is CCC1CCCCC1Nc1c(C)cc(C)cc1Br. The summed E-state index contributed by atoms with van der Waals surface area (Å²) in [7, 11) is 0. The Morgan fingerprint density at radius 2 is 1.94 bits per heavy atom. The molecule has 2 rings (SSSR count). The van der Waals surface area contributed by atoms with Gasteiger partial charge in [-0.15, -0.1) is 0 Å². The van der Waals surface area contributed by atoms with Crippen LogP contribution in [0.2, 0.25) is 0 Å². The van der Waals surface area contributed by atoms with Gasteiger partial charge in [0.1, 0.15) is 0 Å². The summed E-state index contributed by atoms with van der Waals surface area (Å²) in [5.41, 5.74) is 3.97. The molecule has 1 saturated carbocycles. The van der Waals surface area contributed by atoms with Gasteiger partial charge in [0.25, 0.3) is 0 Å². The Kier molecular flexibility index (Phi) is 4.71. The first kappa shape index (κ1) is 13.9. The van der Waals surface area contributed by atoms with Gasteiger partial charge in [0.15, 0.2) is 0 Å². The molecule has 100 valence electrons. The van der Waals surface area contributed by atoms with Crippen molar-refractivity contribution in [3.05, 3.63) is 27.7 Å². The highest BCUT2D eigenvalue weighted by Gasteiger charge is 2.24. The van der Waals surface area contributed by atoms with Crippen LogP contribution in [0.5, 0.6) is 0 Å². The van der Waals surface area contributed by atoms with Crippen LogP contribution in [0.3, 0.4) is 0 Å². The van der Waals surface area contributed by atoms with Gasteiger partial charge in [0.2, 0.25) is 0 Å². The monoisotopic (exact) mass is 309 g/mol. The minimum absolute atomic E-state index is 0.654. The summed E-state index contributed by atoms with van der Waals surface area (Å²) in [5.74, 6) is 0.839. The van der Waals surface area contributed by atoms with E-state index in [0.29, 0.717) is 6.04 Å². The molecule has 0 aromatic heterocycles. The summed E-state index contributed by atoms with van der Waals surface area (Å²) in [6.45, 7) is 6.67. The number of rotatable bonds is 3. The van der Waals surface area contributed by atoms with Gasteiger partial charge in [-0.2, -0.15) is 0 Å². The molecule has 0 aliphatic heterocycles. The zero-order valence-electron chi connectivity index (χ0n) is 11.7. The molecule has 2 heteroatoms. The van der Waals surface area contributed by atoms with Crippen LogP contribution >= 0.6 is 15.9 Å². The van der Waals surface area contributed by atoms with Crippen molar-refractivity contribution < 1.29 is 0 Å². The van der Waals surface area contributed by atoms with E-state index in [4.69, 9.17) is 0 Å². The Hall–Kier alpha value is -0.500. The highest BCUT2D eigenvalue weighted by atomic mass is 79.9. The fourth-order valence-corrected chi connectivity index (χ4v) is 3.96. The number of aryl methyl sites for hydroxylation is 2. The number of nitrogens with one attached hydrogen (secondary N) is 1. The van der Waals surface area contributed by atoms with Crippen LogP contribution in [0.1, 0.15) is 50.2 Å². The van der Waals surface area contributed by atoms with E-state index in [1.165, 1.54) is 53.4 Å². The van der Waals surface area contributed by atoms with E-state index in [9.17, 15) is 0 Å². The summed E-state index contributed by atoms with van der Waals surface area (Å²) >= 11 is 3.70. The summed E-state index contributed by atoms with van der Waals surface area (Å²) in [6.07, 6.45) is 6.77. The molecular weight excluding hydrogens is 286 g/mol. The topological polar surface area (TPSA) is 12.0 Å². The normalized spacial score (nSPS) is 24.0. The Morgan fingerprint density at radius 1 is 1.22 bits per heavy atom. The summed E-state index contributed by atoms with van der Waals surface area (Å²) < 4.78 is 1.21.